The number of hydrogen-bond acceptors (Lipinski definition) is 6. The van der Waals surface area contributed by atoms with Crippen molar-refractivity contribution in [3.05, 3.63) is 77.4 Å². The SMILES string of the molecule is Clc1ccc2c(c1)CC1(Cc3nnc(C4CCC(Oc5ccccn5)CC4)n3-2)OC=CO1. The van der Waals surface area contributed by atoms with Crippen molar-refractivity contribution < 1.29 is 14.2 Å². The lowest BCUT2D eigenvalue weighted by atomic mass is 9.86. The molecule has 3 aliphatic rings. The highest BCUT2D eigenvalue weighted by Crippen LogP contribution is 2.40. The molecule has 0 radical (unpaired) electrons. The lowest BCUT2D eigenvalue weighted by molar-refractivity contribution is -0.139. The van der Waals surface area contributed by atoms with E-state index in [1.54, 1.807) is 18.7 Å². The van der Waals surface area contributed by atoms with E-state index < -0.39 is 5.79 Å². The molecule has 1 saturated carbocycles. The van der Waals surface area contributed by atoms with E-state index in [1.165, 1.54) is 0 Å². The molecule has 0 bridgehead atoms. The van der Waals surface area contributed by atoms with Gasteiger partial charge in [-0.15, -0.1) is 10.2 Å². The molecule has 8 heteroatoms. The maximum Gasteiger partial charge on any atom is 0.260 e. The minimum atomic E-state index is -0.799. The first-order valence-corrected chi connectivity index (χ1v) is 11.4. The van der Waals surface area contributed by atoms with Gasteiger partial charge in [-0.25, -0.2) is 4.98 Å². The van der Waals surface area contributed by atoms with Gasteiger partial charge in [-0.05, 0) is 55.5 Å². The van der Waals surface area contributed by atoms with Gasteiger partial charge in [0.15, 0.2) is 0 Å². The Morgan fingerprint density at radius 1 is 1.00 bits per heavy atom. The minimum Gasteiger partial charge on any atom is -0.474 e. The highest BCUT2D eigenvalue weighted by Gasteiger charge is 2.42. The molecule has 4 heterocycles. The summed E-state index contributed by atoms with van der Waals surface area (Å²) in [5.41, 5.74) is 2.11. The standard InChI is InChI=1S/C24H23ClN4O3/c25-18-6-9-20-17(13-18)14-24(30-11-12-31-24)15-21-27-28-23(29(20)21)16-4-7-19(8-5-16)32-22-3-1-2-10-26-22/h1-3,6,9-13,16,19H,4-5,7-8,14-15H2. The Balaban J connectivity index is 1.28. The van der Waals surface area contributed by atoms with Gasteiger partial charge in [-0.2, -0.15) is 0 Å². The summed E-state index contributed by atoms with van der Waals surface area (Å²) >= 11 is 6.34. The summed E-state index contributed by atoms with van der Waals surface area (Å²) in [4.78, 5) is 4.29. The van der Waals surface area contributed by atoms with Crippen molar-refractivity contribution >= 4 is 11.6 Å². The highest BCUT2D eigenvalue weighted by molar-refractivity contribution is 6.30. The predicted octanol–water partition coefficient (Wildman–Crippen LogP) is 4.73. The summed E-state index contributed by atoms with van der Waals surface area (Å²) in [6.07, 6.45) is 10.1. The molecule has 7 nitrogen and oxygen atoms in total. The Hall–Kier alpha value is -3.06. The van der Waals surface area contributed by atoms with Gasteiger partial charge in [0.05, 0.1) is 18.5 Å². The van der Waals surface area contributed by atoms with Gasteiger partial charge in [-0.1, -0.05) is 17.7 Å². The number of rotatable bonds is 3. The number of pyridine rings is 1. The van der Waals surface area contributed by atoms with Crippen LogP contribution in [-0.4, -0.2) is 31.6 Å². The maximum absolute atomic E-state index is 6.34. The molecule has 0 amide bonds. The fourth-order valence-electron chi connectivity index (χ4n) is 5.00. The van der Waals surface area contributed by atoms with Crippen LogP contribution in [-0.2, 0) is 22.3 Å². The lowest BCUT2D eigenvalue weighted by Crippen LogP contribution is -2.35. The number of nitrogens with zero attached hydrogens (tertiary/aromatic N) is 4. The number of halogens is 1. The van der Waals surface area contributed by atoms with Crippen molar-refractivity contribution in [2.75, 3.05) is 0 Å². The van der Waals surface area contributed by atoms with Crippen LogP contribution in [0.5, 0.6) is 5.88 Å². The van der Waals surface area contributed by atoms with Crippen LogP contribution in [0.25, 0.3) is 5.69 Å². The zero-order chi connectivity index (χ0) is 21.5. The zero-order valence-electron chi connectivity index (χ0n) is 17.5. The van der Waals surface area contributed by atoms with E-state index in [-0.39, 0.29) is 6.10 Å². The van der Waals surface area contributed by atoms with Crippen molar-refractivity contribution in [3.8, 4) is 11.6 Å². The fourth-order valence-corrected chi connectivity index (χ4v) is 5.20. The van der Waals surface area contributed by atoms with E-state index in [1.807, 2.05) is 36.4 Å². The molecule has 0 saturated heterocycles. The maximum atomic E-state index is 6.34. The first kappa shape index (κ1) is 19.6. The average Bonchev–Trinajstić information content (AvgIpc) is 3.40. The number of fused-ring (bicyclic) bond motifs is 3. The number of aromatic nitrogens is 4. The summed E-state index contributed by atoms with van der Waals surface area (Å²) in [6, 6.07) is 11.7. The zero-order valence-corrected chi connectivity index (χ0v) is 18.2. The van der Waals surface area contributed by atoms with Crippen molar-refractivity contribution in [1.29, 1.82) is 0 Å². The first-order chi connectivity index (χ1) is 15.7. The molecule has 6 rings (SSSR count). The van der Waals surface area contributed by atoms with Crippen LogP contribution in [0.15, 0.2) is 55.1 Å². The Morgan fingerprint density at radius 3 is 2.62 bits per heavy atom. The number of benzene rings is 1. The molecule has 3 aromatic rings. The van der Waals surface area contributed by atoms with E-state index in [4.69, 9.17) is 25.8 Å². The van der Waals surface area contributed by atoms with E-state index in [0.717, 1.165) is 48.6 Å². The van der Waals surface area contributed by atoms with Crippen molar-refractivity contribution in [2.24, 2.45) is 0 Å². The van der Waals surface area contributed by atoms with Crippen LogP contribution in [0.4, 0.5) is 0 Å². The minimum absolute atomic E-state index is 0.174. The summed E-state index contributed by atoms with van der Waals surface area (Å²) in [5, 5.41) is 9.90. The molecule has 1 aliphatic carbocycles. The van der Waals surface area contributed by atoms with Gasteiger partial charge < -0.3 is 14.2 Å². The van der Waals surface area contributed by atoms with Crippen LogP contribution in [0.1, 0.15) is 48.8 Å². The van der Waals surface area contributed by atoms with Crippen LogP contribution in [0.2, 0.25) is 5.02 Å². The number of ether oxygens (including phenoxy) is 3. The van der Waals surface area contributed by atoms with Crippen LogP contribution < -0.4 is 4.74 Å². The molecule has 1 fully saturated rings. The smallest absolute Gasteiger partial charge is 0.260 e. The van der Waals surface area contributed by atoms with Crippen molar-refractivity contribution in [2.45, 2.75) is 56.3 Å². The highest BCUT2D eigenvalue weighted by atomic mass is 35.5. The molecule has 2 aromatic heterocycles. The normalized spacial score (nSPS) is 23.0. The molecular weight excluding hydrogens is 428 g/mol. The monoisotopic (exact) mass is 450 g/mol. The summed E-state index contributed by atoms with van der Waals surface area (Å²) in [6.45, 7) is 0. The van der Waals surface area contributed by atoms with Crippen LogP contribution in [0, 0.1) is 0 Å². The van der Waals surface area contributed by atoms with Gasteiger partial charge >= 0.3 is 0 Å². The molecule has 164 valence electrons. The number of hydrogen-bond donors (Lipinski definition) is 0. The molecule has 2 aliphatic heterocycles. The lowest BCUT2D eigenvalue weighted by Gasteiger charge is -2.28. The Kier molecular flexibility index (Phi) is 4.79. The molecule has 0 atom stereocenters. The average molecular weight is 451 g/mol. The van der Waals surface area contributed by atoms with E-state index in [9.17, 15) is 0 Å². The summed E-state index contributed by atoms with van der Waals surface area (Å²) in [7, 11) is 0. The van der Waals surface area contributed by atoms with Gasteiger partial charge in [0.1, 0.15) is 30.3 Å². The van der Waals surface area contributed by atoms with Crippen molar-refractivity contribution in [3.63, 3.8) is 0 Å². The molecule has 32 heavy (non-hydrogen) atoms. The molecule has 1 aromatic carbocycles. The van der Waals surface area contributed by atoms with E-state index in [2.05, 4.69) is 19.7 Å². The molecule has 0 unspecified atom stereocenters. The second-order valence-electron chi connectivity index (χ2n) is 8.61. The first-order valence-electron chi connectivity index (χ1n) is 11.0. The van der Waals surface area contributed by atoms with Gasteiger partial charge in [0.25, 0.3) is 5.79 Å². The van der Waals surface area contributed by atoms with Crippen molar-refractivity contribution in [1.82, 2.24) is 19.7 Å². The topological polar surface area (TPSA) is 71.3 Å². The fraction of sp³-hybridized carbons (Fsp3) is 0.375. The van der Waals surface area contributed by atoms with E-state index >= 15 is 0 Å². The molecular formula is C24H23ClN4O3. The summed E-state index contributed by atoms with van der Waals surface area (Å²) < 4.78 is 20.1. The van der Waals surface area contributed by atoms with E-state index in [0.29, 0.717) is 29.7 Å². The molecule has 1 spiro atoms. The third kappa shape index (κ3) is 3.50. The van der Waals surface area contributed by atoms with Crippen LogP contribution >= 0.6 is 11.6 Å². The Bertz CT molecular complexity index is 1150. The van der Waals surface area contributed by atoms with Gasteiger partial charge in [0, 0.05) is 23.2 Å². The largest absolute Gasteiger partial charge is 0.474 e. The second-order valence-corrected chi connectivity index (χ2v) is 9.05. The second kappa shape index (κ2) is 7.81. The molecule has 0 N–H and O–H groups in total. The third-order valence-electron chi connectivity index (χ3n) is 6.51. The third-order valence-corrected chi connectivity index (χ3v) is 6.75. The Labute approximate surface area is 191 Å². The quantitative estimate of drug-likeness (QED) is 0.574. The van der Waals surface area contributed by atoms with Crippen LogP contribution in [0.3, 0.4) is 0 Å². The van der Waals surface area contributed by atoms with Gasteiger partial charge in [0.2, 0.25) is 5.88 Å². The predicted molar refractivity (Wildman–Crippen MR) is 118 cm³/mol. The van der Waals surface area contributed by atoms with Gasteiger partial charge in [-0.3, -0.25) is 4.57 Å². The summed E-state index contributed by atoms with van der Waals surface area (Å²) in [5.74, 6) is 2.03. The Morgan fingerprint density at radius 2 is 1.84 bits per heavy atom.